The third-order valence-electron chi connectivity index (χ3n) is 3.10. The highest BCUT2D eigenvalue weighted by Gasteiger charge is 2.23. The molecular formula is C12H18N4O2. The zero-order valence-electron chi connectivity index (χ0n) is 10.5. The number of hydrogen-bond acceptors (Lipinski definition) is 3. The van der Waals surface area contributed by atoms with E-state index in [9.17, 15) is 9.59 Å². The molecule has 18 heavy (non-hydrogen) atoms. The van der Waals surface area contributed by atoms with Crippen LogP contribution in [0.25, 0.3) is 0 Å². The molecule has 2 amide bonds. The summed E-state index contributed by atoms with van der Waals surface area (Å²) >= 11 is 0. The molecule has 0 spiro atoms. The van der Waals surface area contributed by atoms with Crippen LogP contribution in [-0.4, -0.2) is 39.8 Å². The summed E-state index contributed by atoms with van der Waals surface area (Å²) in [7, 11) is 0. The van der Waals surface area contributed by atoms with E-state index in [1.165, 1.54) is 0 Å². The highest BCUT2D eigenvalue weighted by Crippen LogP contribution is 2.12. The third kappa shape index (κ3) is 2.88. The van der Waals surface area contributed by atoms with Gasteiger partial charge in [0.15, 0.2) is 0 Å². The maximum atomic E-state index is 11.9. The minimum absolute atomic E-state index is 0.0659. The van der Waals surface area contributed by atoms with Gasteiger partial charge in [0.1, 0.15) is 5.82 Å². The van der Waals surface area contributed by atoms with Gasteiger partial charge in [0.05, 0.1) is 12.6 Å². The van der Waals surface area contributed by atoms with Crippen LogP contribution < -0.4 is 5.32 Å². The minimum Gasteiger partial charge on any atom is -0.347 e. The first-order valence-electron chi connectivity index (χ1n) is 6.27. The number of carbonyl (C=O) groups excluding carboxylic acids is 2. The van der Waals surface area contributed by atoms with Crippen molar-refractivity contribution in [1.82, 2.24) is 20.2 Å². The standard InChI is InChI=1S/C12H18N4O2/c1-2-9(12-13-5-6-14-12)15-10(17)8-16-7-3-4-11(16)18/h5-6,9H,2-4,7-8H2,1H3,(H,13,14)(H,15,17). The number of rotatable bonds is 5. The van der Waals surface area contributed by atoms with Crippen LogP contribution in [0.5, 0.6) is 0 Å². The lowest BCUT2D eigenvalue weighted by Gasteiger charge is -2.18. The SMILES string of the molecule is CCC(NC(=O)CN1CCCC1=O)c1ncc[nH]1. The van der Waals surface area contributed by atoms with Gasteiger partial charge in [0.25, 0.3) is 0 Å². The van der Waals surface area contributed by atoms with Crippen molar-refractivity contribution >= 4 is 11.8 Å². The molecule has 6 nitrogen and oxygen atoms in total. The Morgan fingerprint density at radius 3 is 3.06 bits per heavy atom. The van der Waals surface area contributed by atoms with Crippen LogP contribution in [0.1, 0.15) is 38.1 Å². The van der Waals surface area contributed by atoms with Crippen molar-refractivity contribution in [3.8, 4) is 0 Å². The molecule has 1 unspecified atom stereocenters. The van der Waals surface area contributed by atoms with Gasteiger partial charge in [-0.2, -0.15) is 0 Å². The van der Waals surface area contributed by atoms with E-state index in [0.29, 0.717) is 13.0 Å². The average Bonchev–Trinajstić information content (AvgIpc) is 2.99. The zero-order chi connectivity index (χ0) is 13.0. The van der Waals surface area contributed by atoms with Gasteiger partial charge in [0, 0.05) is 25.4 Å². The fraction of sp³-hybridized carbons (Fsp3) is 0.583. The molecule has 6 heteroatoms. The fourth-order valence-electron chi connectivity index (χ4n) is 2.12. The van der Waals surface area contributed by atoms with E-state index in [2.05, 4.69) is 15.3 Å². The van der Waals surface area contributed by atoms with Gasteiger partial charge in [-0.3, -0.25) is 9.59 Å². The molecule has 0 aliphatic carbocycles. The Balaban J connectivity index is 1.88. The van der Waals surface area contributed by atoms with Gasteiger partial charge in [0.2, 0.25) is 11.8 Å². The van der Waals surface area contributed by atoms with Crippen LogP contribution in [0.4, 0.5) is 0 Å². The smallest absolute Gasteiger partial charge is 0.240 e. The molecule has 1 aromatic heterocycles. The number of hydrogen-bond donors (Lipinski definition) is 2. The number of aromatic nitrogens is 2. The Morgan fingerprint density at radius 1 is 1.67 bits per heavy atom. The molecule has 0 bridgehead atoms. The van der Waals surface area contributed by atoms with Crippen molar-refractivity contribution in [2.75, 3.05) is 13.1 Å². The molecule has 2 rings (SSSR count). The van der Waals surface area contributed by atoms with E-state index in [1.807, 2.05) is 6.92 Å². The molecule has 1 saturated heterocycles. The number of aromatic amines is 1. The summed E-state index contributed by atoms with van der Waals surface area (Å²) in [4.78, 5) is 32.0. The van der Waals surface area contributed by atoms with E-state index in [0.717, 1.165) is 18.7 Å². The second-order valence-electron chi connectivity index (χ2n) is 4.42. The Kier molecular flexibility index (Phi) is 3.96. The van der Waals surface area contributed by atoms with Gasteiger partial charge in [-0.1, -0.05) is 6.92 Å². The number of nitrogens with one attached hydrogen (secondary N) is 2. The lowest BCUT2D eigenvalue weighted by Crippen LogP contribution is -2.39. The molecule has 0 radical (unpaired) electrons. The summed E-state index contributed by atoms with van der Waals surface area (Å²) in [5.41, 5.74) is 0. The Bertz CT molecular complexity index is 416. The van der Waals surface area contributed by atoms with Crippen molar-refractivity contribution < 1.29 is 9.59 Å². The van der Waals surface area contributed by atoms with E-state index >= 15 is 0 Å². The molecule has 0 aromatic carbocycles. The Hall–Kier alpha value is -1.85. The summed E-state index contributed by atoms with van der Waals surface area (Å²) < 4.78 is 0. The quantitative estimate of drug-likeness (QED) is 0.803. The topological polar surface area (TPSA) is 78.1 Å². The van der Waals surface area contributed by atoms with Crippen molar-refractivity contribution in [1.29, 1.82) is 0 Å². The number of amides is 2. The summed E-state index contributed by atoms with van der Waals surface area (Å²) in [5, 5.41) is 2.89. The molecule has 1 aliphatic rings. The predicted molar refractivity (Wildman–Crippen MR) is 65.6 cm³/mol. The number of carbonyl (C=O) groups is 2. The molecule has 1 aromatic rings. The number of imidazole rings is 1. The molecule has 1 fully saturated rings. The number of H-pyrrole nitrogens is 1. The summed E-state index contributed by atoms with van der Waals surface area (Å²) in [5.74, 6) is 0.684. The molecule has 1 atom stereocenters. The number of nitrogens with zero attached hydrogens (tertiary/aromatic N) is 2. The number of likely N-dealkylation sites (tertiary alicyclic amines) is 1. The van der Waals surface area contributed by atoms with Gasteiger partial charge < -0.3 is 15.2 Å². The molecule has 0 saturated carbocycles. The lowest BCUT2D eigenvalue weighted by molar-refractivity contribution is -0.133. The van der Waals surface area contributed by atoms with Gasteiger partial charge >= 0.3 is 0 Å². The fourth-order valence-corrected chi connectivity index (χ4v) is 2.12. The molecule has 2 N–H and O–H groups in total. The minimum atomic E-state index is -0.131. The lowest BCUT2D eigenvalue weighted by atomic mass is 10.2. The maximum absolute atomic E-state index is 11.9. The largest absolute Gasteiger partial charge is 0.347 e. The van der Waals surface area contributed by atoms with E-state index in [-0.39, 0.29) is 24.4 Å². The predicted octanol–water partition coefficient (Wildman–Crippen LogP) is 0.599. The Morgan fingerprint density at radius 2 is 2.50 bits per heavy atom. The van der Waals surface area contributed by atoms with Crippen LogP contribution in [0.15, 0.2) is 12.4 Å². The Labute approximate surface area is 106 Å². The maximum Gasteiger partial charge on any atom is 0.240 e. The zero-order valence-corrected chi connectivity index (χ0v) is 10.5. The van der Waals surface area contributed by atoms with Gasteiger partial charge in [-0.05, 0) is 12.8 Å². The highest BCUT2D eigenvalue weighted by atomic mass is 16.2. The van der Waals surface area contributed by atoms with Crippen molar-refractivity contribution in [2.45, 2.75) is 32.2 Å². The first-order chi connectivity index (χ1) is 8.70. The van der Waals surface area contributed by atoms with Crippen molar-refractivity contribution in [3.05, 3.63) is 18.2 Å². The van der Waals surface area contributed by atoms with Crippen LogP contribution in [0, 0.1) is 0 Å². The highest BCUT2D eigenvalue weighted by molar-refractivity contribution is 5.85. The molecule has 1 aliphatic heterocycles. The summed E-state index contributed by atoms with van der Waals surface area (Å²) in [6.45, 7) is 2.81. The van der Waals surface area contributed by atoms with Crippen molar-refractivity contribution in [2.24, 2.45) is 0 Å². The van der Waals surface area contributed by atoms with E-state index < -0.39 is 0 Å². The second-order valence-corrected chi connectivity index (χ2v) is 4.42. The average molecular weight is 250 g/mol. The van der Waals surface area contributed by atoms with Crippen LogP contribution in [0.3, 0.4) is 0 Å². The van der Waals surface area contributed by atoms with E-state index in [4.69, 9.17) is 0 Å². The summed E-state index contributed by atoms with van der Waals surface area (Å²) in [6.07, 6.45) is 5.56. The molecular weight excluding hydrogens is 232 g/mol. The molecule has 98 valence electrons. The van der Waals surface area contributed by atoms with Crippen LogP contribution in [0.2, 0.25) is 0 Å². The third-order valence-corrected chi connectivity index (χ3v) is 3.10. The normalized spacial score (nSPS) is 16.9. The van der Waals surface area contributed by atoms with Crippen LogP contribution in [-0.2, 0) is 9.59 Å². The first-order valence-corrected chi connectivity index (χ1v) is 6.27. The van der Waals surface area contributed by atoms with E-state index in [1.54, 1.807) is 17.3 Å². The monoisotopic (exact) mass is 250 g/mol. The van der Waals surface area contributed by atoms with Gasteiger partial charge in [-0.15, -0.1) is 0 Å². The van der Waals surface area contributed by atoms with Gasteiger partial charge in [-0.25, -0.2) is 4.98 Å². The molecule has 2 heterocycles. The van der Waals surface area contributed by atoms with Crippen LogP contribution >= 0.6 is 0 Å². The first kappa shape index (κ1) is 12.6. The second kappa shape index (κ2) is 5.66. The van der Waals surface area contributed by atoms with Crippen molar-refractivity contribution in [3.63, 3.8) is 0 Å². The summed E-state index contributed by atoms with van der Waals surface area (Å²) in [6, 6.07) is -0.120.